The maximum absolute atomic E-state index is 11.6. The molecule has 0 radical (unpaired) electrons. The minimum absolute atomic E-state index is 0.293. The van der Waals surface area contributed by atoms with E-state index in [9.17, 15) is 9.90 Å². The molecule has 3 nitrogen and oxygen atoms in total. The van der Waals surface area contributed by atoms with Crippen LogP contribution < -0.4 is 4.74 Å². The summed E-state index contributed by atoms with van der Waals surface area (Å²) < 4.78 is 5.14. The van der Waals surface area contributed by atoms with Crippen molar-refractivity contribution in [3.63, 3.8) is 0 Å². The van der Waals surface area contributed by atoms with Crippen molar-refractivity contribution in [3.05, 3.63) is 53.6 Å². The molecule has 108 valence electrons. The first-order valence-electron chi connectivity index (χ1n) is 7.21. The average molecular weight is 282 g/mol. The minimum atomic E-state index is -0.924. The third-order valence-corrected chi connectivity index (χ3v) is 4.25. The van der Waals surface area contributed by atoms with Gasteiger partial charge in [0.25, 0.3) is 0 Å². The first kappa shape index (κ1) is 13.7. The summed E-state index contributed by atoms with van der Waals surface area (Å²) in [6, 6.07) is 13.4. The zero-order valence-corrected chi connectivity index (χ0v) is 12.0. The molecule has 0 atom stereocenters. The van der Waals surface area contributed by atoms with Gasteiger partial charge in [-0.2, -0.15) is 0 Å². The van der Waals surface area contributed by atoms with E-state index in [0.717, 1.165) is 11.1 Å². The van der Waals surface area contributed by atoms with Crippen LogP contribution in [-0.4, -0.2) is 18.2 Å². The smallest absolute Gasteiger partial charge is 0.336 e. The second-order valence-corrected chi connectivity index (χ2v) is 5.43. The topological polar surface area (TPSA) is 46.5 Å². The van der Waals surface area contributed by atoms with E-state index in [2.05, 4.69) is 6.07 Å². The molecule has 0 amide bonds. The van der Waals surface area contributed by atoms with Crippen molar-refractivity contribution in [1.82, 2.24) is 0 Å². The van der Waals surface area contributed by atoms with E-state index in [0.29, 0.717) is 17.2 Å². The van der Waals surface area contributed by atoms with Crippen LogP contribution in [0.4, 0.5) is 0 Å². The largest absolute Gasteiger partial charge is 0.497 e. The molecule has 0 saturated heterocycles. The van der Waals surface area contributed by atoms with E-state index in [-0.39, 0.29) is 0 Å². The summed E-state index contributed by atoms with van der Waals surface area (Å²) in [6.45, 7) is 0. The number of rotatable bonds is 4. The van der Waals surface area contributed by atoms with Crippen molar-refractivity contribution in [1.29, 1.82) is 0 Å². The fourth-order valence-corrected chi connectivity index (χ4v) is 2.88. The Morgan fingerprint density at radius 3 is 2.52 bits per heavy atom. The van der Waals surface area contributed by atoms with Crippen LogP contribution in [0.2, 0.25) is 0 Å². The fraction of sp³-hybridized carbons (Fsp3) is 0.278. The molecule has 3 rings (SSSR count). The predicted molar refractivity (Wildman–Crippen MR) is 82.0 cm³/mol. The first-order valence-corrected chi connectivity index (χ1v) is 7.21. The van der Waals surface area contributed by atoms with E-state index in [1.807, 2.05) is 30.3 Å². The van der Waals surface area contributed by atoms with E-state index in [1.54, 1.807) is 13.2 Å². The standard InChI is InChI=1S/C18H18O3/c1-21-13-9-10-16(17(11-13)18(19)20)15-8-3-2-7-14(15)12-5-4-6-12/h2-3,7-12H,4-6H2,1H3,(H,19,20). The highest BCUT2D eigenvalue weighted by Crippen LogP contribution is 2.42. The van der Waals surface area contributed by atoms with Gasteiger partial charge in [-0.15, -0.1) is 0 Å². The van der Waals surface area contributed by atoms with Gasteiger partial charge in [0, 0.05) is 0 Å². The minimum Gasteiger partial charge on any atom is -0.497 e. The molecule has 0 bridgehead atoms. The molecule has 0 aromatic heterocycles. The summed E-state index contributed by atoms with van der Waals surface area (Å²) >= 11 is 0. The Hall–Kier alpha value is -2.29. The molecular formula is C18H18O3. The Morgan fingerprint density at radius 1 is 1.14 bits per heavy atom. The van der Waals surface area contributed by atoms with Crippen LogP contribution >= 0.6 is 0 Å². The zero-order chi connectivity index (χ0) is 14.8. The maximum atomic E-state index is 11.6. The molecule has 21 heavy (non-hydrogen) atoms. The van der Waals surface area contributed by atoms with E-state index in [1.165, 1.54) is 24.8 Å². The Kier molecular flexibility index (Phi) is 3.65. The molecule has 0 spiro atoms. The van der Waals surface area contributed by atoms with Gasteiger partial charge >= 0.3 is 5.97 Å². The van der Waals surface area contributed by atoms with Gasteiger partial charge in [-0.05, 0) is 53.6 Å². The summed E-state index contributed by atoms with van der Waals surface area (Å²) in [6.07, 6.45) is 3.64. The van der Waals surface area contributed by atoms with Crippen LogP contribution in [0.25, 0.3) is 11.1 Å². The number of hydrogen-bond acceptors (Lipinski definition) is 2. The van der Waals surface area contributed by atoms with Crippen LogP contribution in [0.15, 0.2) is 42.5 Å². The van der Waals surface area contributed by atoms with Crippen molar-refractivity contribution in [2.45, 2.75) is 25.2 Å². The van der Waals surface area contributed by atoms with Crippen molar-refractivity contribution >= 4 is 5.97 Å². The summed E-state index contributed by atoms with van der Waals surface area (Å²) in [5.74, 6) is 0.203. The number of ether oxygens (including phenoxy) is 1. The quantitative estimate of drug-likeness (QED) is 0.908. The van der Waals surface area contributed by atoms with Crippen LogP contribution in [0, 0.1) is 0 Å². The Bertz CT molecular complexity index is 672. The SMILES string of the molecule is COc1ccc(-c2ccccc2C2CCC2)c(C(=O)O)c1. The van der Waals surface area contributed by atoms with Gasteiger partial charge in [0.05, 0.1) is 12.7 Å². The molecule has 1 saturated carbocycles. The predicted octanol–water partition coefficient (Wildman–Crippen LogP) is 4.33. The average Bonchev–Trinajstić information content (AvgIpc) is 2.45. The molecule has 1 aliphatic carbocycles. The third-order valence-electron chi connectivity index (χ3n) is 4.25. The third kappa shape index (κ3) is 2.51. The molecule has 1 N–H and O–H groups in total. The molecular weight excluding hydrogens is 264 g/mol. The van der Waals surface area contributed by atoms with Crippen molar-refractivity contribution in [2.24, 2.45) is 0 Å². The summed E-state index contributed by atoms with van der Waals surface area (Å²) in [5, 5.41) is 9.49. The monoisotopic (exact) mass is 282 g/mol. The van der Waals surface area contributed by atoms with Crippen LogP contribution in [0.1, 0.15) is 41.1 Å². The Balaban J connectivity index is 2.14. The normalized spacial score (nSPS) is 14.5. The fourth-order valence-electron chi connectivity index (χ4n) is 2.88. The van der Waals surface area contributed by atoms with Crippen molar-refractivity contribution < 1.29 is 14.6 Å². The molecule has 2 aromatic rings. The number of aromatic carboxylic acids is 1. The van der Waals surface area contributed by atoms with Gasteiger partial charge in [0.1, 0.15) is 5.75 Å². The van der Waals surface area contributed by atoms with E-state index < -0.39 is 5.97 Å². The lowest BCUT2D eigenvalue weighted by Gasteiger charge is -2.28. The second-order valence-electron chi connectivity index (χ2n) is 5.43. The maximum Gasteiger partial charge on any atom is 0.336 e. The van der Waals surface area contributed by atoms with Gasteiger partial charge in [0.15, 0.2) is 0 Å². The zero-order valence-electron chi connectivity index (χ0n) is 12.0. The number of carbonyl (C=O) groups is 1. The summed E-state index contributed by atoms with van der Waals surface area (Å²) in [5.41, 5.74) is 3.35. The highest BCUT2D eigenvalue weighted by Gasteiger charge is 2.24. The first-order chi connectivity index (χ1) is 10.2. The van der Waals surface area contributed by atoms with Gasteiger partial charge < -0.3 is 9.84 Å². The number of methoxy groups -OCH3 is 1. The van der Waals surface area contributed by atoms with E-state index >= 15 is 0 Å². The van der Waals surface area contributed by atoms with Crippen molar-refractivity contribution in [3.8, 4) is 16.9 Å². The van der Waals surface area contributed by atoms with Crippen molar-refractivity contribution in [2.75, 3.05) is 7.11 Å². The highest BCUT2D eigenvalue weighted by molar-refractivity contribution is 5.97. The molecule has 3 heteroatoms. The Labute approximate surface area is 124 Å². The lowest BCUT2D eigenvalue weighted by molar-refractivity contribution is 0.0697. The number of benzene rings is 2. The molecule has 0 aliphatic heterocycles. The lowest BCUT2D eigenvalue weighted by atomic mass is 9.77. The Morgan fingerprint density at radius 2 is 1.90 bits per heavy atom. The van der Waals surface area contributed by atoms with Crippen LogP contribution in [-0.2, 0) is 0 Å². The second kappa shape index (κ2) is 5.60. The van der Waals surface area contributed by atoms with Gasteiger partial charge in [-0.3, -0.25) is 0 Å². The number of carboxylic acid groups (broad SMARTS) is 1. The van der Waals surface area contributed by atoms with Crippen LogP contribution in [0.3, 0.4) is 0 Å². The molecule has 0 unspecified atom stereocenters. The van der Waals surface area contributed by atoms with E-state index in [4.69, 9.17) is 4.74 Å². The summed E-state index contributed by atoms with van der Waals surface area (Å²) in [4.78, 5) is 11.6. The number of hydrogen-bond donors (Lipinski definition) is 1. The molecule has 0 heterocycles. The van der Waals surface area contributed by atoms with Gasteiger partial charge in [-0.25, -0.2) is 4.79 Å². The molecule has 1 aliphatic rings. The summed E-state index contributed by atoms with van der Waals surface area (Å²) in [7, 11) is 1.54. The molecule has 2 aromatic carbocycles. The molecule has 1 fully saturated rings. The lowest BCUT2D eigenvalue weighted by Crippen LogP contribution is -2.10. The number of carboxylic acids is 1. The highest BCUT2D eigenvalue weighted by atomic mass is 16.5. The van der Waals surface area contributed by atoms with Crippen LogP contribution in [0.5, 0.6) is 5.75 Å². The van der Waals surface area contributed by atoms with Gasteiger partial charge in [-0.1, -0.05) is 30.7 Å². The van der Waals surface area contributed by atoms with Gasteiger partial charge in [0.2, 0.25) is 0 Å².